The third-order valence-corrected chi connectivity index (χ3v) is 6.54. The minimum atomic E-state index is -4.37. The van der Waals surface area contributed by atoms with Gasteiger partial charge >= 0.3 is 6.18 Å². The number of fused-ring (bicyclic) bond motifs is 1. The second-order valence-electron chi connectivity index (χ2n) is 9.00. The number of alkyl halides is 3. The van der Waals surface area contributed by atoms with Gasteiger partial charge in [-0.05, 0) is 30.5 Å². The van der Waals surface area contributed by atoms with Crippen molar-refractivity contribution in [3.05, 3.63) is 41.9 Å². The highest BCUT2D eigenvalue weighted by molar-refractivity contribution is 6.15. The topological polar surface area (TPSA) is 133 Å². The molecular formula is C23H25F3N6O3. The van der Waals surface area contributed by atoms with Crippen molar-refractivity contribution in [2.45, 2.75) is 31.0 Å². The molecule has 3 atom stereocenters. The van der Waals surface area contributed by atoms with Crippen molar-refractivity contribution >= 4 is 34.3 Å². The normalized spacial score (nSPS) is 23.1. The number of furan rings is 1. The maximum atomic E-state index is 13.4. The van der Waals surface area contributed by atoms with Crippen LogP contribution in [0.15, 0.2) is 35.1 Å². The first-order valence-corrected chi connectivity index (χ1v) is 11.3. The number of hydrogen-bond acceptors (Lipinski definition) is 8. The number of anilines is 3. The molecule has 0 radical (unpaired) electrons. The largest absolute Gasteiger partial charge is 0.438 e. The zero-order valence-electron chi connectivity index (χ0n) is 18.7. The van der Waals surface area contributed by atoms with Gasteiger partial charge in [0.15, 0.2) is 5.58 Å². The molecule has 1 amide bonds. The van der Waals surface area contributed by atoms with E-state index in [0.717, 1.165) is 12.0 Å². The van der Waals surface area contributed by atoms with E-state index >= 15 is 0 Å². The number of nitrogens with two attached hydrogens (primary N) is 2. The summed E-state index contributed by atoms with van der Waals surface area (Å²) >= 11 is 0. The lowest BCUT2D eigenvalue weighted by Crippen LogP contribution is -2.51. The SMILES string of the molecule is Nc1oc2cc(C3CCOC3)cnc2c1C(=O)Nc1cnccc1N1CC(N)CC(C(F)(F)F)C1. The van der Waals surface area contributed by atoms with Crippen LogP contribution in [0.1, 0.15) is 34.7 Å². The predicted octanol–water partition coefficient (Wildman–Crippen LogP) is 3.28. The number of nitrogens with zero attached hydrogens (tertiary/aromatic N) is 3. The van der Waals surface area contributed by atoms with Gasteiger partial charge in [0.05, 0.1) is 30.1 Å². The van der Waals surface area contributed by atoms with Crippen LogP contribution in [0.25, 0.3) is 11.1 Å². The summed E-state index contributed by atoms with van der Waals surface area (Å²) in [6.45, 7) is 1.22. The van der Waals surface area contributed by atoms with E-state index in [1.165, 1.54) is 17.3 Å². The molecule has 5 N–H and O–H groups in total. The maximum Gasteiger partial charge on any atom is 0.393 e. The van der Waals surface area contributed by atoms with Gasteiger partial charge in [-0.3, -0.25) is 14.8 Å². The Labute approximate surface area is 198 Å². The fourth-order valence-electron chi connectivity index (χ4n) is 4.77. The van der Waals surface area contributed by atoms with E-state index in [0.29, 0.717) is 30.0 Å². The number of piperidine rings is 1. The van der Waals surface area contributed by atoms with Gasteiger partial charge in [-0.25, -0.2) is 0 Å². The van der Waals surface area contributed by atoms with Gasteiger partial charge < -0.3 is 30.8 Å². The second kappa shape index (κ2) is 9.00. The summed E-state index contributed by atoms with van der Waals surface area (Å²) in [5.74, 6) is -2.08. The lowest BCUT2D eigenvalue weighted by molar-refractivity contribution is -0.177. The Balaban J connectivity index is 1.41. The van der Waals surface area contributed by atoms with Gasteiger partial charge in [0.25, 0.3) is 5.91 Å². The van der Waals surface area contributed by atoms with Gasteiger partial charge in [-0.2, -0.15) is 13.2 Å². The lowest BCUT2D eigenvalue weighted by atomic mass is 9.93. The number of nitrogens with one attached hydrogen (secondary N) is 1. The van der Waals surface area contributed by atoms with Gasteiger partial charge in [0.1, 0.15) is 11.1 Å². The first kappa shape index (κ1) is 23.4. The van der Waals surface area contributed by atoms with Crippen molar-refractivity contribution < 1.29 is 27.1 Å². The molecule has 3 unspecified atom stereocenters. The fraction of sp³-hybridized carbons (Fsp3) is 0.435. The average Bonchev–Trinajstić information content (AvgIpc) is 3.45. The summed E-state index contributed by atoms with van der Waals surface area (Å²) in [5, 5.41) is 2.72. The van der Waals surface area contributed by atoms with Crippen LogP contribution in [0, 0.1) is 5.92 Å². The number of ether oxygens (including phenoxy) is 1. The number of amides is 1. The Morgan fingerprint density at radius 1 is 1.26 bits per heavy atom. The number of carbonyl (C=O) groups excluding carboxylic acids is 1. The standard InChI is InChI=1S/C23H25F3N6O3/c24-23(25,26)14-6-15(27)10-32(9-14)17-1-3-29-8-16(17)31-22(33)19-20-18(35-21(19)28)5-13(7-30-20)12-2-4-34-11-12/h1,3,5,7-8,12,14-15H,2,4,6,9-11,27-28H2,(H,31,33). The molecule has 12 heteroatoms. The number of aromatic nitrogens is 2. The molecule has 0 saturated carbocycles. The average molecular weight is 490 g/mol. The molecule has 2 aliphatic heterocycles. The molecule has 35 heavy (non-hydrogen) atoms. The summed E-state index contributed by atoms with van der Waals surface area (Å²) < 4.78 is 51.3. The van der Waals surface area contributed by atoms with Crippen molar-refractivity contribution in [1.82, 2.24) is 9.97 Å². The molecule has 3 aromatic rings. The molecule has 0 aliphatic carbocycles. The Morgan fingerprint density at radius 3 is 2.83 bits per heavy atom. The number of carbonyl (C=O) groups is 1. The van der Waals surface area contributed by atoms with Crippen LogP contribution in [-0.4, -0.2) is 54.4 Å². The zero-order chi connectivity index (χ0) is 24.7. The third kappa shape index (κ3) is 4.63. The van der Waals surface area contributed by atoms with Crippen LogP contribution in [0.2, 0.25) is 0 Å². The molecule has 0 aromatic carbocycles. The molecule has 5 heterocycles. The molecule has 9 nitrogen and oxygen atoms in total. The van der Waals surface area contributed by atoms with Gasteiger partial charge in [0, 0.05) is 44.0 Å². The zero-order valence-corrected chi connectivity index (χ0v) is 18.7. The van der Waals surface area contributed by atoms with E-state index in [1.54, 1.807) is 18.3 Å². The molecule has 2 fully saturated rings. The summed E-state index contributed by atoms with van der Waals surface area (Å²) in [7, 11) is 0. The van der Waals surface area contributed by atoms with Gasteiger partial charge in [-0.15, -0.1) is 0 Å². The van der Waals surface area contributed by atoms with Crippen molar-refractivity contribution in [2.24, 2.45) is 11.7 Å². The van der Waals surface area contributed by atoms with E-state index in [4.69, 9.17) is 20.6 Å². The van der Waals surface area contributed by atoms with E-state index in [-0.39, 0.29) is 42.6 Å². The van der Waals surface area contributed by atoms with E-state index in [9.17, 15) is 18.0 Å². The lowest BCUT2D eigenvalue weighted by Gasteiger charge is -2.39. The molecule has 0 bridgehead atoms. The number of rotatable bonds is 4. The molecule has 2 aliphatic rings. The van der Waals surface area contributed by atoms with Gasteiger partial charge in [0.2, 0.25) is 5.88 Å². The number of nitrogen functional groups attached to an aromatic ring is 1. The highest BCUT2D eigenvalue weighted by Gasteiger charge is 2.44. The van der Waals surface area contributed by atoms with E-state index in [2.05, 4.69) is 15.3 Å². The van der Waals surface area contributed by atoms with Crippen LogP contribution in [-0.2, 0) is 4.74 Å². The summed E-state index contributed by atoms with van der Waals surface area (Å²) in [4.78, 5) is 23.2. The molecule has 186 valence electrons. The van der Waals surface area contributed by atoms with Crippen LogP contribution >= 0.6 is 0 Å². The van der Waals surface area contributed by atoms with Crippen LogP contribution in [0.4, 0.5) is 30.4 Å². The third-order valence-electron chi connectivity index (χ3n) is 6.54. The first-order valence-electron chi connectivity index (χ1n) is 11.3. The fourth-order valence-corrected chi connectivity index (χ4v) is 4.77. The Hall–Kier alpha value is -3.38. The van der Waals surface area contributed by atoms with Crippen molar-refractivity contribution in [3.63, 3.8) is 0 Å². The maximum absolute atomic E-state index is 13.4. The summed E-state index contributed by atoms with van der Waals surface area (Å²) in [5.41, 5.74) is 14.2. The number of pyridine rings is 2. The molecule has 2 saturated heterocycles. The van der Waals surface area contributed by atoms with E-state index < -0.39 is 24.0 Å². The highest BCUT2D eigenvalue weighted by Crippen LogP contribution is 2.37. The van der Waals surface area contributed by atoms with Crippen LogP contribution in [0.3, 0.4) is 0 Å². The number of hydrogen-bond donors (Lipinski definition) is 3. The predicted molar refractivity (Wildman–Crippen MR) is 123 cm³/mol. The van der Waals surface area contributed by atoms with E-state index in [1.807, 2.05) is 0 Å². The monoisotopic (exact) mass is 490 g/mol. The Bertz CT molecular complexity index is 1240. The minimum Gasteiger partial charge on any atom is -0.438 e. The summed E-state index contributed by atoms with van der Waals surface area (Å²) in [6.07, 6.45) is 0.855. The smallest absolute Gasteiger partial charge is 0.393 e. The Morgan fingerprint density at radius 2 is 2.09 bits per heavy atom. The molecular weight excluding hydrogens is 465 g/mol. The molecule has 0 spiro atoms. The quantitative estimate of drug-likeness (QED) is 0.508. The van der Waals surface area contributed by atoms with Crippen LogP contribution in [0.5, 0.6) is 0 Å². The summed E-state index contributed by atoms with van der Waals surface area (Å²) in [6, 6.07) is 2.69. The van der Waals surface area contributed by atoms with Crippen molar-refractivity contribution in [3.8, 4) is 0 Å². The molecule has 3 aromatic heterocycles. The van der Waals surface area contributed by atoms with Gasteiger partial charge in [-0.1, -0.05) is 0 Å². The number of halogens is 3. The minimum absolute atomic E-state index is 0.0486. The second-order valence-corrected chi connectivity index (χ2v) is 9.00. The highest BCUT2D eigenvalue weighted by atomic mass is 19.4. The van der Waals surface area contributed by atoms with Crippen LogP contribution < -0.4 is 21.7 Å². The van der Waals surface area contributed by atoms with Crippen molar-refractivity contribution in [1.29, 1.82) is 0 Å². The Kier molecular flexibility index (Phi) is 6.01. The van der Waals surface area contributed by atoms with Crippen molar-refractivity contribution in [2.75, 3.05) is 42.3 Å². The first-order chi connectivity index (χ1) is 16.7. The molecule has 5 rings (SSSR count).